The highest BCUT2D eigenvalue weighted by Crippen LogP contribution is 2.33. The first-order chi connectivity index (χ1) is 6.16. The Balaban J connectivity index is 3.03. The third kappa shape index (κ3) is 2.14. The van der Waals surface area contributed by atoms with E-state index >= 15 is 0 Å². The minimum atomic E-state index is 0.277. The molecule has 0 saturated heterocycles. The molecule has 1 aromatic rings. The molecule has 0 radical (unpaired) electrons. The first-order valence-electron chi connectivity index (χ1n) is 4.61. The summed E-state index contributed by atoms with van der Waals surface area (Å²) in [5.41, 5.74) is 0.936. The van der Waals surface area contributed by atoms with Crippen molar-refractivity contribution in [3.63, 3.8) is 0 Å². The van der Waals surface area contributed by atoms with Gasteiger partial charge in [0.05, 0.1) is 6.61 Å². The Labute approximate surface area is 79.2 Å². The Morgan fingerprint density at radius 2 is 2.08 bits per heavy atom. The fourth-order valence-electron chi connectivity index (χ4n) is 1.28. The number of phenols is 1. The highest BCUT2D eigenvalue weighted by molar-refractivity contribution is 5.46. The van der Waals surface area contributed by atoms with Crippen LogP contribution in [-0.4, -0.2) is 11.7 Å². The lowest BCUT2D eigenvalue weighted by Crippen LogP contribution is -1.95. The van der Waals surface area contributed by atoms with E-state index in [1.807, 2.05) is 32.9 Å². The monoisotopic (exact) mass is 180 g/mol. The van der Waals surface area contributed by atoms with Gasteiger partial charge < -0.3 is 9.84 Å². The standard InChI is InChI=1S/C11H16O2/c1-4-13-10-7-5-6-9(8(2)3)11(10)12/h5-8,12H,4H2,1-3H3. The number of rotatable bonds is 3. The zero-order valence-electron chi connectivity index (χ0n) is 8.37. The number of phenolic OH excluding ortho intramolecular Hbond substituents is 1. The number of benzene rings is 1. The van der Waals surface area contributed by atoms with E-state index in [4.69, 9.17) is 4.74 Å². The molecule has 0 amide bonds. The van der Waals surface area contributed by atoms with Crippen molar-refractivity contribution in [1.82, 2.24) is 0 Å². The predicted molar refractivity (Wildman–Crippen MR) is 53.4 cm³/mol. The molecule has 2 nitrogen and oxygen atoms in total. The van der Waals surface area contributed by atoms with Crippen LogP contribution in [0.15, 0.2) is 18.2 Å². The first kappa shape index (κ1) is 9.90. The zero-order chi connectivity index (χ0) is 9.84. The van der Waals surface area contributed by atoms with Gasteiger partial charge in [0.1, 0.15) is 0 Å². The van der Waals surface area contributed by atoms with Crippen LogP contribution in [0.5, 0.6) is 11.5 Å². The molecule has 1 aromatic carbocycles. The summed E-state index contributed by atoms with van der Waals surface area (Å²) in [6, 6.07) is 5.60. The summed E-state index contributed by atoms with van der Waals surface area (Å²) in [6.07, 6.45) is 0. The molecule has 0 spiro atoms. The normalized spacial score (nSPS) is 10.5. The first-order valence-corrected chi connectivity index (χ1v) is 4.61. The molecule has 0 atom stereocenters. The molecule has 0 heterocycles. The number of aromatic hydroxyl groups is 1. The highest BCUT2D eigenvalue weighted by atomic mass is 16.5. The summed E-state index contributed by atoms with van der Waals surface area (Å²) < 4.78 is 5.28. The lowest BCUT2D eigenvalue weighted by molar-refractivity contribution is 0.316. The van der Waals surface area contributed by atoms with Gasteiger partial charge in [0.15, 0.2) is 11.5 Å². The van der Waals surface area contributed by atoms with Crippen molar-refractivity contribution in [3.05, 3.63) is 23.8 Å². The Kier molecular flexibility index (Phi) is 3.18. The van der Waals surface area contributed by atoms with Gasteiger partial charge in [0, 0.05) is 5.56 Å². The van der Waals surface area contributed by atoms with E-state index in [0.717, 1.165) is 5.56 Å². The van der Waals surface area contributed by atoms with Crippen molar-refractivity contribution in [1.29, 1.82) is 0 Å². The maximum Gasteiger partial charge on any atom is 0.161 e. The Morgan fingerprint density at radius 3 is 2.62 bits per heavy atom. The molecule has 2 heteroatoms. The molecule has 0 unspecified atom stereocenters. The molecule has 13 heavy (non-hydrogen) atoms. The van der Waals surface area contributed by atoms with Crippen molar-refractivity contribution >= 4 is 0 Å². The second-order valence-corrected chi connectivity index (χ2v) is 3.28. The number of para-hydroxylation sites is 1. The number of hydrogen-bond donors (Lipinski definition) is 1. The molecule has 0 aliphatic rings. The van der Waals surface area contributed by atoms with Crippen LogP contribution in [0.1, 0.15) is 32.3 Å². The average Bonchev–Trinajstić information content (AvgIpc) is 2.08. The van der Waals surface area contributed by atoms with Crippen LogP contribution >= 0.6 is 0 Å². The summed E-state index contributed by atoms with van der Waals surface area (Å²) in [6.45, 7) is 6.58. The quantitative estimate of drug-likeness (QED) is 0.775. The Hall–Kier alpha value is -1.18. The molecule has 0 aromatic heterocycles. The molecule has 0 aliphatic carbocycles. The SMILES string of the molecule is CCOc1cccc(C(C)C)c1O. The fraction of sp³-hybridized carbons (Fsp3) is 0.455. The Bertz CT molecular complexity index is 279. The van der Waals surface area contributed by atoms with Gasteiger partial charge in [0.2, 0.25) is 0 Å². The van der Waals surface area contributed by atoms with Crippen LogP contribution in [-0.2, 0) is 0 Å². The molecule has 72 valence electrons. The van der Waals surface area contributed by atoms with Crippen molar-refractivity contribution in [2.24, 2.45) is 0 Å². The third-order valence-electron chi connectivity index (χ3n) is 1.95. The number of hydrogen-bond acceptors (Lipinski definition) is 2. The van der Waals surface area contributed by atoms with Crippen LogP contribution < -0.4 is 4.74 Å². The molecule has 1 N–H and O–H groups in total. The topological polar surface area (TPSA) is 29.5 Å². The summed E-state index contributed by atoms with van der Waals surface area (Å²) >= 11 is 0. The average molecular weight is 180 g/mol. The second kappa shape index (κ2) is 4.17. The summed E-state index contributed by atoms with van der Waals surface area (Å²) in [4.78, 5) is 0. The molecule has 0 saturated carbocycles. The van der Waals surface area contributed by atoms with Crippen molar-refractivity contribution < 1.29 is 9.84 Å². The smallest absolute Gasteiger partial charge is 0.161 e. The van der Waals surface area contributed by atoms with Gasteiger partial charge in [-0.05, 0) is 18.9 Å². The van der Waals surface area contributed by atoms with Gasteiger partial charge in [-0.25, -0.2) is 0 Å². The van der Waals surface area contributed by atoms with Gasteiger partial charge >= 0.3 is 0 Å². The van der Waals surface area contributed by atoms with Crippen molar-refractivity contribution in [3.8, 4) is 11.5 Å². The molecule has 0 aliphatic heterocycles. The van der Waals surface area contributed by atoms with Crippen LogP contribution in [0.2, 0.25) is 0 Å². The van der Waals surface area contributed by atoms with Gasteiger partial charge in [-0.2, -0.15) is 0 Å². The van der Waals surface area contributed by atoms with Crippen LogP contribution in [0, 0.1) is 0 Å². The summed E-state index contributed by atoms with van der Waals surface area (Å²) in [7, 11) is 0. The summed E-state index contributed by atoms with van der Waals surface area (Å²) in [5, 5.41) is 9.77. The van der Waals surface area contributed by atoms with Gasteiger partial charge in [0.25, 0.3) is 0 Å². The van der Waals surface area contributed by atoms with E-state index in [2.05, 4.69) is 0 Å². The molecule has 0 bridgehead atoms. The van der Waals surface area contributed by atoms with Crippen molar-refractivity contribution in [2.75, 3.05) is 6.61 Å². The lowest BCUT2D eigenvalue weighted by atomic mass is 10.0. The molecule has 0 fully saturated rings. The zero-order valence-corrected chi connectivity index (χ0v) is 8.37. The van der Waals surface area contributed by atoms with Crippen LogP contribution in [0.25, 0.3) is 0 Å². The molecular formula is C11H16O2. The van der Waals surface area contributed by atoms with E-state index in [0.29, 0.717) is 18.3 Å². The van der Waals surface area contributed by atoms with Crippen LogP contribution in [0.3, 0.4) is 0 Å². The van der Waals surface area contributed by atoms with E-state index in [9.17, 15) is 5.11 Å². The third-order valence-corrected chi connectivity index (χ3v) is 1.95. The van der Waals surface area contributed by atoms with E-state index in [-0.39, 0.29) is 5.75 Å². The number of ether oxygens (including phenoxy) is 1. The van der Waals surface area contributed by atoms with Gasteiger partial charge in [-0.15, -0.1) is 0 Å². The highest BCUT2D eigenvalue weighted by Gasteiger charge is 2.09. The van der Waals surface area contributed by atoms with E-state index in [1.54, 1.807) is 6.07 Å². The summed E-state index contributed by atoms with van der Waals surface area (Å²) in [5.74, 6) is 1.17. The van der Waals surface area contributed by atoms with Gasteiger partial charge in [-0.3, -0.25) is 0 Å². The van der Waals surface area contributed by atoms with Crippen molar-refractivity contribution in [2.45, 2.75) is 26.7 Å². The second-order valence-electron chi connectivity index (χ2n) is 3.28. The van der Waals surface area contributed by atoms with Crippen LogP contribution in [0.4, 0.5) is 0 Å². The predicted octanol–water partition coefficient (Wildman–Crippen LogP) is 2.91. The minimum absolute atomic E-state index is 0.277. The van der Waals surface area contributed by atoms with Gasteiger partial charge in [-0.1, -0.05) is 26.0 Å². The molecule has 1 rings (SSSR count). The maximum atomic E-state index is 9.77. The van der Waals surface area contributed by atoms with E-state index < -0.39 is 0 Å². The van der Waals surface area contributed by atoms with E-state index in [1.165, 1.54) is 0 Å². The largest absolute Gasteiger partial charge is 0.504 e. The molecular weight excluding hydrogens is 164 g/mol. The minimum Gasteiger partial charge on any atom is -0.504 e. The lowest BCUT2D eigenvalue weighted by Gasteiger charge is -2.11. The fourth-order valence-corrected chi connectivity index (χ4v) is 1.28. The maximum absolute atomic E-state index is 9.77. The Morgan fingerprint density at radius 1 is 1.38 bits per heavy atom.